The molecule has 0 unspecified atom stereocenters. The van der Waals surface area contributed by atoms with E-state index >= 15 is 0 Å². The molecule has 0 atom stereocenters. The number of nitrogens with zero attached hydrogens (tertiary/aromatic N) is 5. The summed E-state index contributed by atoms with van der Waals surface area (Å²) in [6.45, 7) is 0. The highest BCUT2D eigenvalue weighted by atomic mass is 32.1. The molecule has 0 aliphatic rings. The Bertz CT molecular complexity index is 3860. The minimum atomic E-state index is 0.651. The second-order valence-corrected chi connectivity index (χ2v) is 16.7. The summed E-state index contributed by atoms with van der Waals surface area (Å²) in [6.07, 6.45) is 3.76. The lowest BCUT2D eigenvalue weighted by Gasteiger charge is -2.12. The number of aromatic nitrogens is 5. The van der Waals surface area contributed by atoms with Gasteiger partial charge in [-0.15, -0.1) is 11.3 Å². The SMILES string of the molecule is c1ccc(-c2cc3nc(-n4c5ccc(-c6cccc7c8c9ccccc9ccc8n(-c8ccncc8)c67)cc5c5cc6ccccc6cc54)nc(-c4ccccc4)c3s2)cc1. The maximum absolute atomic E-state index is 5.47. The van der Waals surface area contributed by atoms with Gasteiger partial charge in [-0.3, -0.25) is 9.55 Å². The number of hydrogen-bond donors (Lipinski definition) is 0. The fourth-order valence-corrected chi connectivity index (χ4v) is 10.6. The molecule has 0 bridgehead atoms. The van der Waals surface area contributed by atoms with E-state index in [1.54, 1.807) is 11.3 Å². The van der Waals surface area contributed by atoms with Gasteiger partial charge < -0.3 is 4.57 Å². The van der Waals surface area contributed by atoms with Crippen LogP contribution in [0.3, 0.4) is 0 Å². The lowest BCUT2D eigenvalue weighted by atomic mass is 9.98. The molecule has 0 spiro atoms. The van der Waals surface area contributed by atoms with E-state index in [0.29, 0.717) is 5.95 Å². The van der Waals surface area contributed by atoms with Gasteiger partial charge in [0.05, 0.1) is 38.0 Å². The van der Waals surface area contributed by atoms with Crippen LogP contribution in [-0.2, 0) is 0 Å². The topological polar surface area (TPSA) is 48.5 Å². The second kappa shape index (κ2) is 13.3. The van der Waals surface area contributed by atoms with E-state index in [9.17, 15) is 0 Å². The molecule has 0 aliphatic heterocycles. The summed E-state index contributed by atoms with van der Waals surface area (Å²) in [4.78, 5) is 16.4. The molecule has 0 aliphatic carbocycles. The Balaban J connectivity index is 1.10. The van der Waals surface area contributed by atoms with Crippen molar-refractivity contribution in [3.8, 4) is 44.5 Å². The number of pyridine rings is 1. The Morgan fingerprint density at radius 2 is 1.11 bits per heavy atom. The first-order chi connectivity index (χ1) is 30.2. The van der Waals surface area contributed by atoms with Crippen LogP contribution in [-0.4, -0.2) is 24.1 Å². The fourth-order valence-electron chi connectivity index (χ4n) is 9.47. The summed E-state index contributed by atoms with van der Waals surface area (Å²) in [5, 5.41) is 9.61. The monoisotopic (exact) mass is 795 g/mol. The molecule has 5 heterocycles. The van der Waals surface area contributed by atoms with Crippen molar-refractivity contribution in [3.63, 3.8) is 0 Å². The second-order valence-electron chi connectivity index (χ2n) is 15.6. The zero-order chi connectivity index (χ0) is 40.0. The van der Waals surface area contributed by atoms with Crippen LogP contribution in [0.15, 0.2) is 200 Å². The van der Waals surface area contributed by atoms with Gasteiger partial charge in [-0.2, -0.15) is 0 Å². The van der Waals surface area contributed by atoms with E-state index in [0.717, 1.165) is 60.1 Å². The van der Waals surface area contributed by atoms with Gasteiger partial charge in [-0.25, -0.2) is 9.97 Å². The minimum Gasteiger partial charge on any atom is -0.308 e. The highest BCUT2D eigenvalue weighted by Crippen LogP contribution is 2.44. The standard InChI is InChI=1S/C55H33N5S/c1-3-13-35(14-4-1)50-33-46-54(61-50)52(36-15-5-2-6-16-36)58-55(57-46)60-47-24-23-39(31-44(47)45-30-37-17-7-8-18-38(37)32-49(45)60)42-20-11-21-43-51-41-19-10-9-12-34(41)22-25-48(51)59(53(42)43)40-26-28-56-29-27-40/h1-33H. The van der Waals surface area contributed by atoms with Gasteiger partial charge in [0.2, 0.25) is 5.95 Å². The van der Waals surface area contributed by atoms with Gasteiger partial charge >= 0.3 is 0 Å². The van der Waals surface area contributed by atoms with Gasteiger partial charge in [-0.05, 0) is 81.2 Å². The zero-order valence-electron chi connectivity index (χ0n) is 32.7. The van der Waals surface area contributed by atoms with E-state index in [4.69, 9.17) is 9.97 Å². The molecule has 8 aromatic carbocycles. The van der Waals surface area contributed by atoms with Crippen molar-refractivity contribution in [1.82, 2.24) is 24.1 Å². The Labute approximate surface area is 354 Å². The average molecular weight is 796 g/mol. The van der Waals surface area contributed by atoms with Gasteiger partial charge in [0.15, 0.2) is 0 Å². The van der Waals surface area contributed by atoms with Crippen LogP contribution in [0.2, 0.25) is 0 Å². The number of para-hydroxylation sites is 1. The molecule has 6 heteroatoms. The molecular weight excluding hydrogens is 763 g/mol. The van der Waals surface area contributed by atoms with E-state index < -0.39 is 0 Å². The summed E-state index contributed by atoms with van der Waals surface area (Å²) in [5.74, 6) is 0.651. The van der Waals surface area contributed by atoms with Crippen LogP contribution in [0.1, 0.15) is 0 Å². The number of fused-ring (bicyclic) bond motifs is 10. The molecule has 61 heavy (non-hydrogen) atoms. The third-order valence-corrected chi connectivity index (χ3v) is 13.4. The third-order valence-electron chi connectivity index (χ3n) is 12.2. The molecule has 5 nitrogen and oxygen atoms in total. The molecule has 0 saturated carbocycles. The van der Waals surface area contributed by atoms with Crippen LogP contribution in [0.25, 0.3) is 120 Å². The van der Waals surface area contributed by atoms with Crippen LogP contribution in [0.5, 0.6) is 0 Å². The van der Waals surface area contributed by atoms with E-state index in [-0.39, 0.29) is 0 Å². The molecule has 0 fully saturated rings. The minimum absolute atomic E-state index is 0.651. The Morgan fingerprint density at radius 3 is 1.93 bits per heavy atom. The smallest absolute Gasteiger partial charge is 0.235 e. The zero-order valence-corrected chi connectivity index (χ0v) is 33.5. The summed E-state index contributed by atoms with van der Waals surface area (Å²) >= 11 is 1.75. The van der Waals surface area contributed by atoms with Crippen molar-refractivity contribution in [2.45, 2.75) is 0 Å². The van der Waals surface area contributed by atoms with Gasteiger partial charge in [0.1, 0.15) is 0 Å². The van der Waals surface area contributed by atoms with Crippen molar-refractivity contribution < 1.29 is 0 Å². The maximum atomic E-state index is 5.47. The van der Waals surface area contributed by atoms with Crippen molar-refractivity contribution in [3.05, 3.63) is 200 Å². The quantitative estimate of drug-likeness (QED) is 0.174. The lowest BCUT2D eigenvalue weighted by Crippen LogP contribution is -2.02. The Hall–Kier alpha value is -7.93. The first-order valence-corrected chi connectivity index (χ1v) is 21.3. The number of hydrogen-bond acceptors (Lipinski definition) is 4. The largest absolute Gasteiger partial charge is 0.308 e. The summed E-state index contributed by atoms with van der Waals surface area (Å²) < 4.78 is 5.76. The molecule has 5 aromatic heterocycles. The first-order valence-electron chi connectivity index (χ1n) is 20.5. The molecule has 13 rings (SSSR count). The van der Waals surface area contributed by atoms with Crippen LogP contribution < -0.4 is 0 Å². The molecule has 284 valence electrons. The number of thiophene rings is 1. The van der Waals surface area contributed by atoms with E-state index in [2.05, 4.69) is 202 Å². The summed E-state index contributed by atoms with van der Waals surface area (Å²) in [7, 11) is 0. The lowest BCUT2D eigenvalue weighted by molar-refractivity contribution is 1.02. The normalized spacial score (nSPS) is 11.9. The number of rotatable bonds is 5. The molecule has 13 aromatic rings. The van der Waals surface area contributed by atoms with Gasteiger partial charge in [0.25, 0.3) is 0 Å². The Morgan fingerprint density at radius 1 is 0.426 bits per heavy atom. The molecule has 0 saturated heterocycles. The molecule has 0 radical (unpaired) electrons. The Kier molecular flexibility index (Phi) is 7.41. The van der Waals surface area contributed by atoms with E-state index in [1.165, 1.54) is 53.8 Å². The molecular formula is C55H33N5S. The summed E-state index contributed by atoms with van der Waals surface area (Å²) in [6, 6.07) is 67.6. The predicted molar refractivity (Wildman–Crippen MR) is 255 cm³/mol. The van der Waals surface area contributed by atoms with Crippen molar-refractivity contribution in [2.75, 3.05) is 0 Å². The van der Waals surface area contributed by atoms with Crippen molar-refractivity contribution in [1.29, 1.82) is 0 Å². The third kappa shape index (κ3) is 5.22. The molecule has 0 amide bonds. The number of benzene rings is 8. The highest BCUT2D eigenvalue weighted by Gasteiger charge is 2.22. The van der Waals surface area contributed by atoms with Crippen LogP contribution in [0.4, 0.5) is 0 Å². The molecule has 0 N–H and O–H groups in total. The van der Waals surface area contributed by atoms with Gasteiger partial charge in [-0.1, -0.05) is 140 Å². The van der Waals surface area contributed by atoms with Gasteiger partial charge in [0, 0.05) is 55.6 Å². The van der Waals surface area contributed by atoms with Crippen molar-refractivity contribution >= 4 is 86.7 Å². The van der Waals surface area contributed by atoms with Crippen LogP contribution >= 0.6 is 11.3 Å². The first kappa shape index (κ1) is 34.0. The highest BCUT2D eigenvalue weighted by molar-refractivity contribution is 7.22. The van der Waals surface area contributed by atoms with Crippen molar-refractivity contribution in [2.24, 2.45) is 0 Å². The summed E-state index contributed by atoms with van der Waals surface area (Å²) in [5.41, 5.74) is 11.9. The van der Waals surface area contributed by atoms with Crippen LogP contribution in [0, 0.1) is 0 Å². The average Bonchev–Trinajstić information content (AvgIpc) is 4.01. The fraction of sp³-hybridized carbons (Fsp3) is 0. The predicted octanol–water partition coefficient (Wildman–Crippen LogP) is 14.6. The maximum Gasteiger partial charge on any atom is 0.235 e. The van der Waals surface area contributed by atoms with E-state index in [1.807, 2.05) is 12.4 Å².